The number of nitrogens with one attached hydrogen (secondary N) is 1. The number of hydrogen-bond acceptors (Lipinski definition) is 11. The quantitative estimate of drug-likeness (QED) is 0.100. The number of benzene rings is 1. The van der Waals surface area contributed by atoms with E-state index in [2.05, 4.69) is 20.6 Å². The Bertz CT molecular complexity index is 1070. The highest BCUT2D eigenvalue weighted by atomic mass is 32.2. The van der Waals surface area contributed by atoms with Crippen LogP contribution in [0.15, 0.2) is 35.5 Å². The zero-order valence-corrected chi connectivity index (χ0v) is 19.4. The lowest BCUT2D eigenvalue weighted by atomic mass is 9.84. The standard InChI is InChI=1S/C19H21N7O6S2/c1-10(34-18-21-23-24-22-18)19(17(30)31)7-25-14(28)12(16(25)33-8-19)26(20)15(29)13(32-9-27)11-5-3-2-4-6-11/h2-6,9-10,12-13,16H,7-8,20H2,1H3,(H,30,31)(H,21,22,23,24)/t10?,12?,13?,16-,19?/m1/s1. The molecule has 180 valence electrons. The minimum atomic E-state index is -1.30. The topological polar surface area (TPSA) is 185 Å². The largest absolute Gasteiger partial charge is 0.481 e. The Morgan fingerprint density at radius 1 is 1.44 bits per heavy atom. The molecule has 2 aromatic rings. The number of hydrogen-bond donors (Lipinski definition) is 3. The number of carbonyl (C=O) groups excluding carboxylic acids is 3. The van der Waals surface area contributed by atoms with Gasteiger partial charge in [0.05, 0.1) is 0 Å². The van der Waals surface area contributed by atoms with Gasteiger partial charge in [0.1, 0.15) is 10.8 Å². The number of nitrogens with two attached hydrogens (primary N) is 1. The molecule has 5 atom stereocenters. The van der Waals surface area contributed by atoms with Crippen LogP contribution < -0.4 is 5.84 Å². The number of thioether (sulfide) groups is 2. The summed E-state index contributed by atoms with van der Waals surface area (Å²) in [6, 6.07) is 7.30. The zero-order valence-electron chi connectivity index (χ0n) is 17.8. The van der Waals surface area contributed by atoms with E-state index in [1.54, 1.807) is 37.3 Å². The number of fused-ring (bicyclic) bond motifs is 1. The van der Waals surface area contributed by atoms with Crippen molar-refractivity contribution in [3.8, 4) is 0 Å². The number of H-pyrrole nitrogens is 1. The summed E-state index contributed by atoms with van der Waals surface area (Å²) in [4.78, 5) is 50.7. The molecule has 4 rings (SSSR count). The molecule has 0 radical (unpaired) electrons. The molecule has 2 aliphatic rings. The Morgan fingerprint density at radius 2 is 2.18 bits per heavy atom. The van der Waals surface area contributed by atoms with Crippen molar-refractivity contribution >= 4 is 47.8 Å². The van der Waals surface area contributed by atoms with E-state index in [0.29, 0.717) is 10.7 Å². The molecule has 2 saturated heterocycles. The molecule has 2 fully saturated rings. The van der Waals surface area contributed by atoms with E-state index in [9.17, 15) is 24.3 Å². The zero-order chi connectivity index (χ0) is 24.5. The van der Waals surface area contributed by atoms with Crippen LogP contribution in [-0.4, -0.2) is 88.9 Å². The first kappa shape index (κ1) is 24.0. The molecule has 0 spiro atoms. The van der Waals surface area contributed by atoms with Crippen LogP contribution in [0.4, 0.5) is 0 Å². The molecule has 4 N–H and O–H groups in total. The van der Waals surface area contributed by atoms with Crippen LogP contribution in [0.3, 0.4) is 0 Å². The monoisotopic (exact) mass is 507 g/mol. The van der Waals surface area contributed by atoms with Crippen LogP contribution in [0.25, 0.3) is 0 Å². The highest BCUT2D eigenvalue weighted by Crippen LogP contribution is 2.48. The third-order valence-corrected chi connectivity index (χ3v) is 8.69. The van der Waals surface area contributed by atoms with Gasteiger partial charge in [-0.3, -0.25) is 24.2 Å². The van der Waals surface area contributed by atoms with E-state index < -0.39 is 46.0 Å². The molecule has 3 heterocycles. The number of aromatic nitrogens is 4. The average Bonchev–Trinajstić information content (AvgIpc) is 3.35. The van der Waals surface area contributed by atoms with E-state index >= 15 is 0 Å². The van der Waals surface area contributed by atoms with E-state index in [1.165, 1.54) is 16.7 Å². The van der Waals surface area contributed by atoms with Gasteiger partial charge in [0.15, 0.2) is 6.04 Å². The van der Waals surface area contributed by atoms with Gasteiger partial charge in [-0.2, -0.15) is 5.21 Å². The summed E-state index contributed by atoms with van der Waals surface area (Å²) in [5, 5.41) is 23.6. The SMILES string of the molecule is CC(Sc1nn[nH]n1)C1(C(=O)O)CS[C@@H]2C(N(N)C(=O)C(OC=O)c3ccccc3)C(=O)N2C1. The summed E-state index contributed by atoms with van der Waals surface area (Å²) in [6.07, 6.45) is -1.30. The summed E-state index contributed by atoms with van der Waals surface area (Å²) in [7, 11) is 0. The summed E-state index contributed by atoms with van der Waals surface area (Å²) < 4.78 is 4.96. The summed E-state index contributed by atoms with van der Waals surface area (Å²) >= 11 is 2.37. The molecule has 1 aromatic heterocycles. The summed E-state index contributed by atoms with van der Waals surface area (Å²) in [5.41, 5.74) is -0.865. The number of ether oxygens (including phenoxy) is 1. The molecule has 34 heavy (non-hydrogen) atoms. The Labute approximate surface area is 201 Å². The predicted molar refractivity (Wildman–Crippen MR) is 119 cm³/mol. The lowest BCUT2D eigenvalue weighted by Crippen LogP contribution is -2.76. The Balaban J connectivity index is 1.49. The maximum absolute atomic E-state index is 13.0. The van der Waals surface area contributed by atoms with Gasteiger partial charge in [-0.05, 0) is 5.21 Å². The third kappa shape index (κ3) is 4.10. The van der Waals surface area contributed by atoms with E-state index in [1.807, 2.05) is 0 Å². The van der Waals surface area contributed by atoms with Gasteiger partial charge < -0.3 is 14.7 Å². The molecule has 15 heteroatoms. The smallest absolute Gasteiger partial charge is 0.313 e. The van der Waals surface area contributed by atoms with Crippen LogP contribution in [-0.2, 0) is 23.9 Å². The molecule has 0 bridgehead atoms. The first-order chi connectivity index (χ1) is 16.3. The van der Waals surface area contributed by atoms with Gasteiger partial charge in [0.2, 0.25) is 11.3 Å². The van der Waals surface area contributed by atoms with Crippen LogP contribution in [0.5, 0.6) is 0 Å². The van der Waals surface area contributed by atoms with Crippen molar-refractivity contribution in [1.29, 1.82) is 0 Å². The number of carbonyl (C=O) groups is 4. The van der Waals surface area contributed by atoms with Crippen LogP contribution in [0.1, 0.15) is 18.6 Å². The van der Waals surface area contributed by atoms with Crippen LogP contribution in [0.2, 0.25) is 0 Å². The van der Waals surface area contributed by atoms with E-state index in [-0.39, 0.29) is 18.8 Å². The maximum atomic E-state index is 13.0. The minimum absolute atomic E-state index is 0.0592. The summed E-state index contributed by atoms with van der Waals surface area (Å²) in [6.45, 7) is 1.83. The molecule has 13 nitrogen and oxygen atoms in total. The van der Waals surface area contributed by atoms with Crippen molar-refractivity contribution in [2.75, 3.05) is 12.3 Å². The lowest BCUT2D eigenvalue weighted by molar-refractivity contribution is -0.171. The Kier molecular flexibility index (Phi) is 6.77. The second kappa shape index (κ2) is 9.60. The van der Waals surface area contributed by atoms with Crippen molar-refractivity contribution in [1.82, 2.24) is 30.5 Å². The number of rotatable bonds is 9. The number of aliphatic carboxylic acids is 1. The highest BCUT2D eigenvalue weighted by molar-refractivity contribution is 8.01. The second-order valence-corrected chi connectivity index (χ2v) is 10.2. The number of tetrazole rings is 1. The third-order valence-electron chi connectivity index (χ3n) is 5.96. The number of hydrazine groups is 1. The lowest BCUT2D eigenvalue weighted by Gasteiger charge is -2.56. The van der Waals surface area contributed by atoms with Crippen LogP contribution >= 0.6 is 23.5 Å². The van der Waals surface area contributed by atoms with Gasteiger partial charge >= 0.3 is 5.97 Å². The molecular weight excluding hydrogens is 486 g/mol. The predicted octanol–water partition coefficient (Wildman–Crippen LogP) is -0.348. The fourth-order valence-electron chi connectivity index (χ4n) is 3.95. The minimum Gasteiger partial charge on any atom is -0.481 e. The van der Waals surface area contributed by atoms with Crippen molar-refractivity contribution in [3.63, 3.8) is 0 Å². The number of carboxylic acids is 1. The maximum Gasteiger partial charge on any atom is 0.313 e. The molecule has 2 aliphatic heterocycles. The number of nitrogens with zero attached hydrogens (tertiary/aromatic N) is 5. The second-order valence-electron chi connectivity index (χ2n) is 7.80. The normalized spacial score (nSPS) is 25.5. The molecule has 4 unspecified atom stereocenters. The molecule has 2 amide bonds. The summed E-state index contributed by atoms with van der Waals surface area (Å²) in [5.74, 6) is 3.93. The van der Waals surface area contributed by atoms with E-state index in [4.69, 9.17) is 10.6 Å². The number of carboxylic acid groups (broad SMARTS) is 1. The van der Waals surface area contributed by atoms with Gasteiger partial charge in [0.25, 0.3) is 18.3 Å². The van der Waals surface area contributed by atoms with Gasteiger partial charge in [0, 0.05) is 23.1 Å². The number of amides is 2. The van der Waals surface area contributed by atoms with Crippen molar-refractivity contribution < 1.29 is 29.0 Å². The van der Waals surface area contributed by atoms with E-state index in [0.717, 1.165) is 16.8 Å². The molecule has 0 aliphatic carbocycles. The van der Waals surface area contributed by atoms with Crippen molar-refractivity contribution in [2.24, 2.45) is 11.3 Å². The molecule has 0 saturated carbocycles. The first-order valence-corrected chi connectivity index (χ1v) is 12.0. The highest BCUT2D eigenvalue weighted by Gasteiger charge is 2.61. The number of β-lactam (4-membered cyclic amide) rings is 1. The van der Waals surface area contributed by atoms with Gasteiger partial charge in [-0.25, -0.2) is 5.84 Å². The van der Waals surface area contributed by atoms with Crippen molar-refractivity contribution in [2.45, 2.75) is 34.8 Å². The van der Waals surface area contributed by atoms with Crippen LogP contribution in [0, 0.1) is 5.41 Å². The fraction of sp³-hybridized carbons (Fsp3) is 0.421. The van der Waals surface area contributed by atoms with Crippen molar-refractivity contribution in [3.05, 3.63) is 35.9 Å². The number of aromatic amines is 1. The Morgan fingerprint density at radius 3 is 2.79 bits per heavy atom. The Hall–Kier alpha value is -3.17. The average molecular weight is 508 g/mol. The fourth-order valence-corrected chi connectivity index (χ4v) is 6.76. The molecular formula is C19H21N7O6S2. The van der Waals surface area contributed by atoms with Gasteiger partial charge in [-0.15, -0.1) is 22.0 Å². The van der Waals surface area contributed by atoms with Gasteiger partial charge in [-0.1, -0.05) is 49.0 Å². The first-order valence-electron chi connectivity index (χ1n) is 10.1. The molecule has 1 aromatic carbocycles.